The number of carbonyl (C=O) groups excluding carboxylic acids is 1. The standard InChI is InChI=1S/C15H16N2O4S/c1-10-14(22-9-16-10)12(7-13(18)19)17-15(20)21-8-11-5-3-2-4-6-11/h2-6,9,12H,7-8H2,1H3,(H,17,20)(H,18,19)/t12-/m1/s1. The number of hydrogen-bond acceptors (Lipinski definition) is 5. The molecule has 2 aromatic rings. The van der Waals surface area contributed by atoms with Crippen molar-refractivity contribution in [3.63, 3.8) is 0 Å². The predicted octanol–water partition coefficient (Wildman–Crippen LogP) is 2.89. The summed E-state index contributed by atoms with van der Waals surface area (Å²) < 4.78 is 5.12. The lowest BCUT2D eigenvalue weighted by Gasteiger charge is -2.16. The molecule has 0 saturated heterocycles. The molecule has 2 N–H and O–H groups in total. The Morgan fingerprint density at radius 1 is 1.36 bits per heavy atom. The Kier molecular flexibility index (Phi) is 5.48. The van der Waals surface area contributed by atoms with Crippen molar-refractivity contribution < 1.29 is 19.4 Å². The molecule has 22 heavy (non-hydrogen) atoms. The predicted molar refractivity (Wildman–Crippen MR) is 81.6 cm³/mol. The molecule has 116 valence electrons. The number of carbonyl (C=O) groups is 2. The van der Waals surface area contributed by atoms with Gasteiger partial charge in [0.05, 0.1) is 28.5 Å². The number of rotatable bonds is 6. The third-order valence-corrected chi connectivity index (χ3v) is 4.03. The highest BCUT2D eigenvalue weighted by Gasteiger charge is 2.22. The van der Waals surface area contributed by atoms with Crippen LogP contribution in [0, 0.1) is 6.92 Å². The lowest BCUT2D eigenvalue weighted by Crippen LogP contribution is -2.30. The zero-order valence-corrected chi connectivity index (χ0v) is 12.8. The summed E-state index contributed by atoms with van der Waals surface area (Å²) in [4.78, 5) is 27.6. The van der Waals surface area contributed by atoms with Crippen LogP contribution in [0.4, 0.5) is 4.79 Å². The Balaban J connectivity index is 1.96. The van der Waals surface area contributed by atoms with Crippen LogP contribution >= 0.6 is 11.3 Å². The van der Waals surface area contributed by atoms with Crippen molar-refractivity contribution in [2.24, 2.45) is 0 Å². The summed E-state index contributed by atoms with van der Waals surface area (Å²) in [6.45, 7) is 1.91. The second-order valence-corrected chi connectivity index (χ2v) is 5.54. The van der Waals surface area contributed by atoms with Gasteiger partial charge in [-0.05, 0) is 12.5 Å². The van der Waals surface area contributed by atoms with Crippen LogP contribution in [0.2, 0.25) is 0 Å². The third-order valence-electron chi connectivity index (χ3n) is 2.98. The summed E-state index contributed by atoms with van der Waals surface area (Å²) >= 11 is 1.31. The molecule has 0 spiro atoms. The van der Waals surface area contributed by atoms with Crippen molar-refractivity contribution in [2.75, 3.05) is 0 Å². The summed E-state index contributed by atoms with van der Waals surface area (Å²) in [6, 6.07) is 8.62. The van der Waals surface area contributed by atoms with Gasteiger partial charge in [0.25, 0.3) is 0 Å². The van der Waals surface area contributed by atoms with Gasteiger partial charge in [0.15, 0.2) is 0 Å². The van der Waals surface area contributed by atoms with Gasteiger partial charge < -0.3 is 15.2 Å². The SMILES string of the molecule is Cc1ncsc1[C@@H](CC(=O)O)NC(=O)OCc1ccccc1. The summed E-state index contributed by atoms with van der Waals surface area (Å²) in [5, 5.41) is 11.6. The first-order valence-electron chi connectivity index (χ1n) is 6.65. The van der Waals surface area contributed by atoms with Crippen LogP contribution in [0.25, 0.3) is 0 Å². The lowest BCUT2D eigenvalue weighted by molar-refractivity contribution is -0.137. The molecule has 0 saturated carbocycles. The Bertz CT molecular complexity index is 642. The summed E-state index contributed by atoms with van der Waals surface area (Å²) in [5.74, 6) is -0.999. The van der Waals surface area contributed by atoms with E-state index >= 15 is 0 Å². The fourth-order valence-electron chi connectivity index (χ4n) is 1.94. The van der Waals surface area contributed by atoms with Crippen LogP contribution in [0.3, 0.4) is 0 Å². The smallest absolute Gasteiger partial charge is 0.407 e. The summed E-state index contributed by atoms with van der Waals surface area (Å²) in [7, 11) is 0. The Morgan fingerprint density at radius 3 is 2.68 bits per heavy atom. The van der Waals surface area contributed by atoms with E-state index in [1.165, 1.54) is 11.3 Å². The number of alkyl carbamates (subject to hydrolysis) is 1. The summed E-state index contributed by atoms with van der Waals surface area (Å²) in [6.07, 6.45) is -0.869. The molecule has 0 fully saturated rings. The van der Waals surface area contributed by atoms with Gasteiger partial charge in [0.2, 0.25) is 0 Å². The molecular weight excluding hydrogens is 304 g/mol. The lowest BCUT2D eigenvalue weighted by atomic mass is 10.1. The molecule has 2 rings (SSSR count). The minimum atomic E-state index is -0.999. The van der Waals surface area contributed by atoms with Crippen LogP contribution < -0.4 is 5.32 Å². The molecule has 7 heteroatoms. The fourth-order valence-corrected chi connectivity index (χ4v) is 2.79. The Morgan fingerprint density at radius 2 is 2.09 bits per heavy atom. The average molecular weight is 320 g/mol. The third kappa shape index (κ3) is 4.56. The maximum Gasteiger partial charge on any atom is 0.407 e. The van der Waals surface area contributed by atoms with E-state index in [-0.39, 0.29) is 13.0 Å². The average Bonchev–Trinajstić information content (AvgIpc) is 2.91. The number of nitrogens with zero attached hydrogens (tertiary/aromatic N) is 1. The molecule has 0 aliphatic heterocycles. The summed E-state index contributed by atoms with van der Waals surface area (Å²) in [5.41, 5.74) is 3.19. The van der Waals surface area contributed by atoms with E-state index in [0.29, 0.717) is 5.69 Å². The van der Waals surface area contributed by atoms with E-state index in [1.807, 2.05) is 30.3 Å². The zero-order chi connectivity index (χ0) is 15.9. The molecule has 0 radical (unpaired) electrons. The van der Waals surface area contributed by atoms with Gasteiger partial charge in [-0.2, -0.15) is 0 Å². The van der Waals surface area contributed by atoms with E-state index in [1.54, 1.807) is 12.4 Å². The van der Waals surface area contributed by atoms with Crippen molar-refractivity contribution in [1.29, 1.82) is 0 Å². The van der Waals surface area contributed by atoms with Gasteiger partial charge in [-0.25, -0.2) is 9.78 Å². The van der Waals surface area contributed by atoms with Gasteiger partial charge in [-0.1, -0.05) is 30.3 Å². The number of aryl methyl sites for hydroxylation is 1. The monoisotopic (exact) mass is 320 g/mol. The van der Waals surface area contributed by atoms with Crippen molar-refractivity contribution in [1.82, 2.24) is 10.3 Å². The number of thiazole rings is 1. The molecule has 1 aromatic carbocycles. The molecule has 1 aromatic heterocycles. The number of aromatic nitrogens is 1. The molecule has 6 nitrogen and oxygen atoms in total. The van der Waals surface area contributed by atoms with Crippen molar-refractivity contribution >= 4 is 23.4 Å². The number of carboxylic acids is 1. The van der Waals surface area contributed by atoms with Crippen molar-refractivity contribution in [3.8, 4) is 0 Å². The highest BCUT2D eigenvalue weighted by atomic mass is 32.1. The van der Waals surface area contributed by atoms with Gasteiger partial charge in [-0.3, -0.25) is 4.79 Å². The highest BCUT2D eigenvalue weighted by molar-refractivity contribution is 7.09. The largest absolute Gasteiger partial charge is 0.481 e. The first kappa shape index (κ1) is 16.0. The van der Waals surface area contributed by atoms with Crippen LogP contribution in [0.15, 0.2) is 35.8 Å². The number of aliphatic carboxylic acids is 1. The van der Waals surface area contributed by atoms with Crippen LogP contribution in [0.1, 0.15) is 28.6 Å². The number of hydrogen-bond donors (Lipinski definition) is 2. The van der Waals surface area contributed by atoms with Crippen LogP contribution in [0.5, 0.6) is 0 Å². The van der Waals surface area contributed by atoms with E-state index in [9.17, 15) is 9.59 Å². The number of ether oxygens (including phenoxy) is 1. The first-order chi connectivity index (χ1) is 10.6. The number of nitrogens with one attached hydrogen (secondary N) is 1. The second-order valence-electron chi connectivity index (χ2n) is 4.66. The van der Waals surface area contributed by atoms with Gasteiger partial charge in [-0.15, -0.1) is 11.3 Å². The molecule has 0 aliphatic carbocycles. The minimum Gasteiger partial charge on any atom is -0.481 e. The quantitative estimate of drug-likeness (QED) is 0.854. The number of carboxylic acid groups (broad SMARTS) is 1. The minimum absolute atomic E-state index is 0.133. The molecule has 0 bridgehead atoms. The number of benzene rings is 1. The molecule has 1 heterocycles. The van der Waals surface area contributed by atoms with Crippen molar-refractivity contribution in [3.05, 3.63) is 52.0 Å². The maximum absolute atomic E-state index is 11.9. The topological polar surface area (TPSA) is 88.5 Å². The van der Waals surface area contributed by atoms with Crippen LogP contribution in [-0.4, -0.2) is 22.2 Å². The fraction of sp³-hybridized carbons (Fsp3) is 0.267. The molecule has 0 unspecified atom stereocenters. The van der Waals surface area contributed by atoms with E-state index in [4.69, 9.17) is 9.84 Å². The maximum atomic E-state index is 11.9. The Labute approximate surface area is 131 Å². The van der Waals surface area contributed by atoms with Gasteiger partial charge in [0, 0.05) is 0 Å². The molecular formula is C15H16N2O4S. The molecule has 0 aliphatic rings. The number of amides is 1. The Hall–Kier alpha value is -2.41. The van der Waals surface area contributed by atoms with E-state index < -0.39 is 18.1 Å². The normalized spacial score (nSPS) is 11.7. The first-order valence-corrected chi connectivity index (χ1v) is 7.53. The van der Waals surface area contributed by atoms with Crippen LogP contribution in [-0.2, 0) is 16.1 Å². The van der Waals surface area contributed by atoms with E-state index in [0.717, 1.165) is 10.4 Å². The van der Waals surface area contributed by atoms with Crippen molar-refractivity contribution in [2.45, 2.75) is 26.0 Å². The molecule has 1 atom stereocenters. The molecule has 1 amide bonds. The highest BCUT2D eigenvalue weighted by Crippen LogP contribution is 2.24. The van der Waals surface area contributed by atoms with E-state index in [2.05, 4.69) is 10.3 Å². The van der Waals surface area contributed by atoms with Gasteiger partial charge >= 0.3 is 12.1 Å². The van der Waals surface area contributed by atoms with Gasteiger partial charge in [0.1, 0.15) is 6.61 Å². The second kappa shape index (κ2) is 7.56. The zero-order valence-electron chi connectivity index (χ0n) is 12.0.